The molecule has 1 N–H and O–H groups in total. The van der Waals surface area contributed by atoms with Crippen LogP contribution in [0.25, 0.3) is 6.08 Å². The number of hydrogen-bond acceptors (Lipinski definition) is 4. The van der Waals surface area contributed by atoms with Crippen molar-refractivity contribution in [3.05, 3.63) is 58.2 Å². The Kier molecular flexibility index (Phi) is 4.52. The molecule has 6 heteroatoms. The molecule has 0 fully saturated rings. The van der Waals surface area contributed by atoms with E-state index in [2.05, 4.69) is 10.3 Å². The third kappa shape index (κ3) is 3.48. The molecule has 1 aliphatic rings. The number of fused-ring (bicyclic) bond motifs is 1. The monoisotopic (exact) mass is 327 g/mol. The number of carbonyl (C=O) groups excluding carboxylic acids is 2. The number of aromatic nitrogens is 1. The topological polar surface area (TPSA) is 62.3 Å². The van der Waals surface area contributed by atoms with E-state index in [1.54, 1.807) is 17.3 Å². The van der Waals surface area contributed by atoms with Crippen molar-refractivity contribution in [3.8, 4) is 0 Å². The van der Waals surface area contributed by atoms with E-state index in [-0.39, 0.29) is 24.3 Å². The van der Waals surface area contributed by atoms with Crippen molar-refractivity contribution in [2.45, 2.75) is 25.9 Å². The highest BCUT2D eigenvalue weighted by Crippen LogP contribution is 2.32. The summed E-state index contributed by atoms with van der Waals surface area (Å²) in [6, 6.07) is 7.56. The molecule has 5 nitrogen and oxygen atoms in total. The fraction of sp³-hybridized carbons (Fsp3) is 0.235. The summed E-state index contributed by atoms with van der Waals surface area (Å²) in [5.41, 5.74) is 2.04. The van der Waals surface area contributed by atoms with Gasteiger partial charge in [-0.25, -0.2) is 4.98 Å². The van der Waals surface area contributed by atoms with Crippen molar-refractivity contribution in [2.24, 2.45) is 0 Å². The summed E-state index contributed by atoms with van der Waals surface area (Å²) in [6.07, 6.45) is 5.60. The smallest absolute Gasteiger partial charge is 0.223 e. The molecule has 0 aliphatic carbocycles. The molecule has 1 atom stereocenters. The molecule has 3 rings (SSSR count). The highest BCUT2D eigenvalue weighted by Gasteiger charge is 2.28. The Balaban J connectivity index is 1.74. The van der Waals surface area contributed by atoms with E-state index in [1.807, 2.05) is 35.7 Å². The molecule has 2 aromatic rings. The van der Waals surface area contributed by atoms with E-state index >= 15 is 0 Å². The van der Waals surface area contributed by atoms with Crippen molar-refractivity contribution in [1.29, 1.82) is 0 Å². The minimum Gasteiger partial charge on any atom is -0.350 e. The Labute approximate surface area is 138 Å². The fourth-order valence-electron chi connectivity index (χ4n) is 2.68. The van der Waals surface area contributed by atoms with Crippen LogP contribution in [0.4, 0.5) is 0 Å². The van der Waals surface area contributed by atoms with Crippen molar-refractivity contribution in [3.63, 3.8) is 0 Å². The average molecular weight is 327 g/mol. The molecule has 0 saturated carbocycles. The molecule has 1 aliphatic heterocycles. The third-order valence-corrected chi connectivity index (χ3v) is 4.55. The zero-order valence-corrected chi connectivity index (χ0v) is 13.5. The number of rotatable bonds is 4. The van der Waals surface area contributed by atoms with E-state index in [1.165, 1.54) is 18.3 Å². The van der Waals surface area contributed by atoms with Gasteiger partial charge >= 0.3 is 0 Å². The van der Waals surface area contributed by atoms with Crippen molar-refractivity contribution in [2.75, 3.05) is 0 Å². The quantitative estimate of drug-likeness (QED) is 0.939. The minimum absolute atomic E-state index is 0.0755. The largest absolute Gasteiger partial charge is 0.350 e. The first-order valence-electron chi connectivity index (χ1n) is 7.36. The van der Waals surface area contributed by atoms with Crippen molar-refractivity contribution < 1.29 is 9.59 Å². The summed E-state index contributed by atoms with van der Waals surface area (Å²) < 4.78 is 0. The maximum atomic E-state index is 12.3. The van der Waals surface area contributed by atoms with Gasteiger partial charge in [-0.05, 0) is 17.2 Å². The van der Waals surface area contributed by atoms with Crippen molar-refractivity contribution in [1.82, 2.24) is 15.2 Å². The maximum absolute atomic E-state index is 12.3. The van der Waals surface area contributed by atoms with Crippen LogP contribution in [0.2, 0.25) is 0 Å². The van der Waals surface area contributed by atoms with Gasteiger partial charge in [0.15, 0.2) is 0 Å². The van der Waals surface area contributed by atoms with Crippen LogP contribution in [0.15, 0.2) is 42.0 Å². The van der Waals surface area contributed by atoms with Crippen LogP contribution >= 0.6 is 11.3 Å². The zero-order valence-electron chi connectivity index (χ0n) is 12.7. The number of nitrogens with zero attached hydrogens (tertiary/aromatic N) is 2. The van der Waals surface area contributed by atoms with E-state index in [0.29, 0.717) is 6.54 Å². The highest BCUT2D eigenvalue weighted by molar-refractivity contribution is 7.09. The molecule has 0 saturated heterocycles. The number of nitrogens with one attached hydrogen (secondary N) is 1. The van der Waals surface area contributed by atoms with Gasteiger partial charge in [-0.1, -0.05) is 24.3 Å². The molecule has 1 unspecified atom stereocenters. The average Bonchev–Trinajstić information content (AvgIpc) is 3.06. The Morgan fingerprint density at radius 3 is 2.91 bits per heavy atom. The number of hydrogen-bond donors (Lipinski definition) is 1. The summed E-state index contributed by atoms with van der Waals surface area (Å²) in [5.74, 6) is -0.171. The van der Waals surface area contributed by atoms with Gasteiger partial charge in [-0.2, -0.15) is 0 Å². The van der Waals surface area contributed by atoms with E-state index in [0.717, 1.165) is 16.1 Å². The highest BCUT2D eigenvalue weighted by atomic mass is 32.1. The summed E-state index contributed by atoms with van der Waals surface area (Å²) >= 11 is 1.50. The van der Waals surface area contributed by atoms with Gasteiger partial charge in [-0.15, -0.1) is 11.3 Å². The second-order valence-corrected chi connectivity index (χ2v) is 6.27. The first kappa shape index (κ1) is 15.4. The second-order valence-electron chi connectivity index (χ2n) is 5.29. The number of benzene rings is 1. The summed E-state index contributed by atoms with van der Waals surface area (Å²) in [4.78, 5) is 29.9. The first-order chi connectivity index (χ1) is 11.1. The molecule has 118 valence electrons. The molecular formula is C17H17N3O2S. The molecular weight excluding hydrogens is 310 g/mol. The number of carbonyl (C=O) groups is 2. The Bertz CT molecular complexity index is 740. The fourth-order valence-corrected chi connectivity index (χ4v) is 3.23. The predicted octanol–water partition coefficient (Wildman–Crippen LogP) is 2.72. The molecule has 0 bridgehead atoms. The second kappa shape index (κ2) is 6.75. The van der Waals surface area contributed by atoms with Gasteiger partial charge in [0.1, 0.15) is 5.01 Å². The number of thiazole rings is 1. The first-order valence-corrected chi connectivity index (χ1v) is 8.24. The maximum Gasteiger partial charge on any atom is 0.223 e. The van der Waals surface area contributed by atoms with Crippen LogP contribution in [0.5, 0.6) is 0 Å². The summed E-state index contributed by atoms with van der Waals surface area (Å²) in [6.45, 7) is 1.93. The molecule has 1 aromatic heterocycles. The molecule has 1 aromatic carbocycles. The van der Waals surface area contributed by atoms with Crippen LogP contribution in [0, 0.1) is 0 Å². The molecule has 0 radical (unpaired) electrons. The lowest BCUT2D eigenvalue weighted by molar-refractivity contribution is -0.130. The third-order valence-electron chi connectivity index (χ3n) is 3.77. The van der Waals surface area contributed by atoms with E-state index in [4.69, 9.17) is 0 Å². The van der Waals surface area contributed by atoms with Crippen LogP contribution in [0.1, 0.15) is 35.5 Å². The minimum atomic E-state index is -0.273. The standard InChI is InChI=1S/C17H17N3O2S/c1-12(21)20-8-6-13-4-2-3-5-14(13)15(20)10-16(22)19-11-17-18-7-9-23-17/h2-9,15H,10-11H2,1H3,(H,19,22). The van der Waals surface area contributed by atoms with E-state index in [9.17, 15) is 9.59 Å². The SMILES string of the molecule is CC(=O)N1C=Cc2ccccc2C1CC(=O)NCc1nccs1. The predicted molar refractivity (Wildman–Crippen MR) is 89.3 cm³/mol. The Hall–Kier alpha value is -2.47. The molecule has 0 spiro atoms. The van der Waals surface area contributed by atoms with Crippen molar-refractivity contribution >= 4 is 29.2 Å². The zero-order chi connectivity index (χ0) is 16.2. The van der Waals surface area contributed by atoms with E-state index < -0.39 is 0 Å². The van der Waals surface area contributed by atoms with Gasteiger partial charge in [0.2, 0.25) is 11.8 Å². The number of amides is 2. The van der Waals surface area contributed by atoms with Gasteiger partial charge in [0.05, 0.1) is 19.0 Å². The molecule has 2 amide bonds. The summed E-state index contributed by atoms with van der Waals surface area (Å²) in [5, 5.41) is 5.61. The van der Waals surface area contributed by atoms with Gasteiger partial charge < -0.3 is 10.2 Å². The van der Waals surface area contributed by atoms with Crippen LogP contribution < -0.4 is 5.32 Å². The van der Waals surface area contributed by atoms with Gasteiger partial charge in [0.25, 0.3) is 0 Å². The van der Waals surface area contributed by atoms with Gasteiger partial charge in [-0.3, -0.25) is 9.59 Å². The summed E-state index contributed by atoms with van der Waals surface area (Å²) in [7, 11) is 0. The molecule has 23 heavy (non-hydrogen) atoms. The lowest BCUT2D eigenvalue weighted by atomic mass is 9.93. The van der Waals surface area contributed by atoms with Crippen LogP contribution in [0.3, 0.4) is 0 Å². The Morgan fingerprint density at radius 1 is 1.35 bits per heavy atom. The van der Waals surface area contributed by atoms with Crippen LogP contribution in [-0.2, 0) is 16.1 Å². The Morgan fingerprint density at radius 2 is 2.17 bits per heavy atom. The van der Waals surface area contributed by atoms with Gasteiger partial charge in [0, 0.05) is 24.7 Å². The lowest BCUT2D eigenvalue weighted by Crippen LogP contribution is -2.35. The normalized spacial score (nSPS) is 16.0. The van der Waals surface area contributed by atoms with Crippen LogP contribution in [-0.4, -0.2) is 21.7 Å². The molecule has 2 heterocycles. The lowest BCUT2D eigenvalue weighted by Gasteiger charge is -2.32.